The van der Waals surface area contributed by atoms with E-state index in [1.165, 1.54) is 0 Å². The molecule has 2 heterocycles. The maximum atomic E-state index is 11.7. The van der Waals surface area contributed by atoms with Crippen LogP contribution in [0.4, 0.5) is 10.5 Å². The molecule has 1 aromatic carbocycles. The van der Waals surface area contributed by atoms with Gasteiger partial charge in [0, 0.05) is 30.1 Å². The third kappa shape index (κ3) is 2.77. The molecule has 7 heteroatoms. The molecular formula is C14H13N3O4. The highest BCUT2D eigenvalue weighted by molar-refractivity contribution is 5.90. The fraction of sp³-hybridized carbons (Fsp3) is 0.214. The predicted octanol–water partition coefficient (Wildman–Crippen LogP) is 1.64. The fourth-order valence-electron chi connectivity index (χ4n) is 2.14. The molecule has 1 aromatic heterocycles. The molecule has 0 spiro atoms. The lowest BCUT2D eigenvalue weighted by Gasteiger charge is -2.18. The van der Waals surface area contributed by atoms with E-state index in [-0.39, 0.29) is 12.8 Å². The molecule has 0 aliphatic carbocycles. The molecule has 7 nitrogen and oxygen atoms in total. The molecule has 0 saturated carbocycles. The Morgan fingerprint density at radius 3 is 3.05 bits per heavy atom. The summed E-state index contributed by atoms with van der Waals surface area (Å²) in [4.78, 5) is 32.1. The molecule has 108 valence electrons. The molecule has 0 radical (unpaired) electrons. The molecule has 2 amide bonds. The first kappa shape index (κ1) is 13.3. The summed E-state index contributed by atoms with van der Waals surface area (Å²) in [5, 5.41) is 13.6. The van der Waals surface area contributed by atoms with Crippen LogP contribution in [0.5, 0.6) is 0 Å². The summed E-state index contributed by atoms with van der Waals surface area (Å²) in [6, 6.07) is 8.85. The monoisotopic (exact) mass is 287 g/mol. The lowest BCUT2D eigenvalue weighted by Crippen LogP contribution is -2.36. The van der Waals surface area contributed by atoms with Crippen molar-refractivity contribution in [3.63, 3.8) is 0 Å². The summed E-state index contributed by atoms with van der Waals surface area (Å²) in [5.41, 5.74) is 1.32. The number of nitrogens with one attached hydrogen (secondary N) is 1. The highest BCUT2D eigenvalue weighted by Crippen LogP contribution is 2.19. The summed E-state index contributed by atoms with van der Waals surface area (Å²) in [6.07, 6.45) is 0.199. The zero-order chi connectivity index (χ0) is 14.8. The number of pyridine rings is 1. The predicted molar refractivity (Wildman–Crippen MR) is 73.9 cm³/mol. The van der Waals surface area contributed by atoms with Gasteiger partial charge in [-0.25, -0.2) is 4.79 Å². The van der Waals surface area contributed by atoms with E-state index in [9.17, 15) is 14.7 Å². The first-order valence-electron chi connectivity index (χ1n) is 6.47. The Morgan fingerprint density at radius 1 is 1.43 bits per heavy atom. The largest absolute Gasteiger partial charge is 0.436 e. The summed E-state index contributed by atoms with van der Waals surface area (Å²) >= 11 is 0. The van der Waals surface area contributed by atoms with Gasteiger partial charge >= 0.3 is 6.09 Å². The van der Waals surface area contributed by atoms with E-state index in [1.807, 2.05) is 6.07 Å². The lowest BCUT2D eigenvalue weighted by molar-refractivity contribution is -0.187. The van der Waals surface area contributed by atoms with Crippen LogP contribution in [0, 0.1) is 0 Å². The third-order valence-corrected chi connectivity index (χ3v) is 3.16. The van der Waals surface area contributed by atoms with E-state index in [2.05, 4.69) is 10.3 Å². The topological polar surface area (TPSA) is 91.8 Å². The van der Waals surface area contributed by atoms with Crippen molar-refractivity contribution in [1.29, 1.82) is 0 Å². The molecule has 2 aromatic rings. The van der Waals surface area contributed by atoms with Crippen LogP contribution >= 0.6 is 0 Å². The van der Waals surface area contributed by atoms with Gasteiger partial charge in [0.15, 0.2) is 6.23 Å². The van der Waals surface area contributed by atoms with Gasteiger partial charge in [0.25, 0.3) is 5.91 Å². The molecule has 0 bridgehead atoms. The molecule has 1 unspecified atom stereocenters. The average molecular weight is 287 g/mol. The minimum Gasteiger partial charge on any atom is -0.370 e. The maximum Gasteiger partial charge on any atom is 0.436 e. The number of hydrogen-bond acceptors (Lipinski definition) is 5. The normalized spacial score (nSPS) is 18.0. The van der Waals surface area contributed by atoms with Crippen LogP contribution in [-0.4, -0.2) is 33.4 Å². The van der Waals surface area contributed by atoms with Crippen molar-refractivity contribution in [3.05, 3.63) is 36.5 Å². The molecule has 1 aliphatic heterocycles. The van der Waals surface area contributed by atoms with Crippen LogP contribution < -0.4 is 5.32 Å². The average Bonchev–Trinajstić information content (AvgIpc) is 2.79. The first-order chi connectivity index (χ1) is 10.1. The minimum atomic E-state index is -1.08. The van der Waals surface area contributed by atoms with Crippen molar-refractivity contribution in [3.8, 4) is 0 Å². The number of benzene rings is 1. The van der Waals surface area contributed by atoms with E-state index in [4.69, 9.17) is 4.84 Å². The highest BCUT2D eigenvalue weighted by Gasteiger charge is 2.32. The van der Waals surface area contributed by atoms with Crippen molar-refractivity contribution in [1.82, 2.24) is 10.0 Å². The van der Waals surface area contributed by atoms with Gasteiger partial charge < -0.3 is 9.94 Å². The summed E-state index contributed by atoms with van der Waals surface area (Å²) < 4.78 is 0. The number of carbonyl (C=O) groups excluding carboxylic acids is 2. The molecule has 1 atom stereocenters. The molecule has 3 rings (SSSR count). The Hall–Kier alpha value is -2.67. The van der Waals surface area contributed by atoms with Crippen molar-refractivity contribution in [2.24, 2.45) is 0 Å². The Morgan fingerprint density at radius 2 is 2.29 bits per heavy atom. The number of anilines is 1. The smallest absolute Gasteiger partial charge is 0.370 e. The number of fused-ring (bicyclic) bond motifs is 1. The van der Waals surface area contributed by atoms with E-state index in [1.54, 1.807) is 30.5 Å². The van der Waals surface area contributed by atoms with Crippen LogP contribution in [0.15, 0.2) is 36.5 Å². The second-order valence-electron chi connectivity index (χ2n) is 4.65. The highest BCUT2D eigenvalue weighted by atomic mass is 16.7. The summed E-state index contributed by atoms with van der Waals surface area (Å²) in [7, 11) is 0. The Kier molecular flexibility index (Phi) is 3.41. The molecule has 1 saturated heterocycles. The van der Waals surface area contributed by atoms with E-state index in [0.717, 1.165) is 10.9 Å². The van der Waals surface area contributed by atoms with Crippen molar-refractivity contribution in [2.75, 3.05) is 5.32 Å². The Bertz CT molecular complexity index is 703. The summed E-state index contributed by atoms with van der Waals surface area (Å²) in [5.74, 6) is -0.416. The summed E-state index contributed by atoms with van der Waals surface area (Å²) in [6.45, 7) is 0. The van der Waals surface area contributed by atoms with Crippen LogP contribution in [0.2, 0.25) is 0 Å². The van der Waals surface area contributed by atoms with Gasteiger partial charge in [-0.05, 0) is 24.3 Å². The van der Waals surface area contributed by atoms with E-state index >= 15 is 0 Å². The van der Waals surface area contributed by atoms with Crippen LogP contribution in [0.3, 0.4) is 0 Å². The first-order valence-corrected chi connectivity index (χ1v) is 6.47. The minimum absolute atomic E-state index is 0.163. The number of hydrogen-bond donors (Lipinski definition) is 2. The van der Waals surface area contributed by atoms with E-state index in [0.29, 0.717) is 10.8 Å². The SMILES string of the molecule is O=C(Nc1ccc2ncccc2c1)ON1C(=O)CCC1O. The van der Waals surface area contributed by atoms with E-state index < -0.39 is 18.2 Å². The number of aliphatic hydroxyl groups is 1. The number of carbonyl (C=O) groups is 2. The molecule has 2 N–H and O–H groups in total. The quantitative estimate of drug-likeness (QED) is 0.876. The number of rotatable bonds is 2. The van der Waals surface area contributed by atoms with Crippen LogP contribution in [-0.2, 0) is 9.63 Å². The number of aromatic nitrogens is 1. The maximum absolute atomic E-state index is 11.7. The Labute approximate surface area is 120 Å². The molecular weight excluding hydrogens is 274 g/mol. The van der Waals surface area contributed by atoms with Gasteiger partial charge in [0.05, 0.1) is 5.52 Å². The second-order valence-corrected chi connectivity index (χ2v) is 4.65. The van der Waals surface area contributed by atoms with Crippen LogP contribution in [0.25, 0.3) is 10.9 Å². The van der Waals surface area contributed by atoms with Gasteiger partial charge in [0.2, 0.25) is 0 Å². The molecule has 21 heavy (non-hydrogen) atoms. The lowest BCUT2D eigenvalue weighted by atomic mass is 10.2. The van der Waals surface area contributed by atoms with Crippen molar-refractivity contribution >= 4 is 28.6 Å². The van der Waals surface area contributed by atoms with Gasteiger partial charge in [0.1, 0.15) is 0 Å². The van der Waals surface area contributed by atoms with Gasteiger partial charge in [-0.3, -0.25) is 15.1 Å². The fourth-order valence-corrected chi connectivity index (χ4v) is 2.14. The van der Waals surface area contributed by atoms with Crippen molar-refractivity contribution < 1.29 is 19.5 Å². The second kappa shape index (κ2) is 5.37. The van der Waals surface area contributed by atoms with Gasteiger partial charge in [-0.1, -0.05) is 6.07 Å². The number of nitrogens with zero attached hydrogens (tertiary/aromatic N) is 2. The van der Waals surface area contributed by atoms with Gasteiger partial charge in [-0.2, -0.15) is 0 Å². The Balaban J connectivity index is 1.70. The van der Waals surface area contributed by atoms with Crippen LogP contribution in [0.1, 0.15) is 12.8 Å². The van der Waals surface area contributed by atoms with Crippen molar-refractivity contribution in [2.45, 2.75) is 19.1 Å². The molecule has 1 fully saturated rings. The zero-order valence-corrected chi connectivity index (χ0v) is 11.0. The molecule has 1 aliphatic rings. The number of amides is 2. The third-order valence-electron chi connectivity index (χ3n) is 3.16. The number of aliphatic hydroxyl groups excluding tert-OH is 1. The zero-order valence-electron chi connectivity index (χ0n) is 11.0. The number of hydroxylamine groups is 2. The standard InChI is InChI=1S/C14H13N3O4/c18-12-5-6-13(19)17(12)21-14(20)16-10-3-4-11-9(8-10)2-1-7-15-11/h1-4,7-8,12,18H,5-6H2,(H,16,20). The van der Waals surface area contributed by atoms with Gasteiger partial charge in [-0.15, -0.1) is 5.06 Å².